The summed E-state index contributed by atoms with van der Waals surface area (Å²) in [4.78, 5) is 140. The summed E-state index contributed by atoms with van der Waals surface area (Å²) < 4.78 is 25.3. The highest BCUT2D eigenvalue weighted by atomic mass is 16.6. The van der Waals surface area contributed by atoms with Crippen molar-refractivity contribution in [3.8, 4) is 0 Å². The van der Waals surface area contributed by atoms with Crippen LogP contribution in [0.1, 0.15) is 157 Å². The van der Waals surface area contributed by atoms with E-state index in [0.717, 1.165) is 15.8 Å². The number of fused-ring (bicyclic) bond motifs is 3. The molecule has 3 heterocycles. The predicted octanol–water partition coefficient (Wildman–Crippen LogP) is 7.37. The molecule has 0 saturated carbocycles. The fourth-order valence-corrected chi connectivity index (χ4v) is 10.0. The molecule has 480 valence electrons. The third-order valence-corrected chi connectivity index (χ3v) is 14.8. The lowest BCUT2D eigenvalue weighted by Crippen LogP contribution is -2.53. The topological polar surface area (TPSA) is 316 Å². The average Bonchev–Trinajstić information content (AvgIpc) is 2.61. The Hall–Kier alpha value is -7.92. The summed E-state index contributed by atoms with van der Waals surface area (Å²) in [5.74, 6) is -3.40. The van der Waals surface area contributed by atoms with Gasteiger partial charge in [0.15, 0.2) is 11.6 Å². The lowest BCUT2D eigenvalue weighted by molar-refractivity contribution is -0.146. The van der Waals surface area contributed by atoms with E-state index < -0.39 is 65.2 Å². The summed E-state index contributed by atoms with van der Waals surface area (Å²) in [5, 5.41) is 11.6. The molecule has 0 bridgehead atoms. The Kier molecular flexibility index (Phi) is 26.9. The largest absolute Gasteiger partial charge is 0.461 e. The minimum atomic E-state index is -0.956. The van der Waals surface area contributed by atoms with Crippen molar-refractivity contribution in [2.75, 3.05) is 26.3 Å². The number of esters is 1. The summed E-state index contributed by atoms with van der Waals surface area (Å²) in [6, 6.07) is 11.1. The number of benzene rings is 2. The first-order chi connectivity index (χ1) is 41.6. The fraction of sp³-hybridized carbons (Fsp3) is 0.569. The monoisotopic (exact) mass is 1220 g/mol. The van der Waals surface area contributed by atoms with Gasteiger partial charge in [0.2, 0.25) is 11.8 Å². The van der Waals surface area contributed by atoms with Crippen molar-refractivity contribution in [2.24, 2.45) is 23.5 Å². The van der Waals surface area contributed by atoms with Gasteiger partial charge in [0.1, 0.15) is 42.0 Å². The van der Waals surface area contributed by atoms with Crippen molar-refractivity contribution in [1.82, 2.24) is 40.7 Å². The second-order valence-corrected chi connectivity index (χ2v) is 24.7. The number of para-hydroxylation sites is 1. The first-order valence-corrected chi connectivity index (χ1v) is 30.5. The Morgan fingerprint density at radius 1 is 0.716 bits per heavy atom. The van der Waals surface area contributed by atoms with Crippen LogP contribution in [0.4, 0.5) is 9.59 Å². The van der Waals surface area contributed by atoms with E-state index in [1.165, 1.54) is 12.2 Å². The van der Waals surface area contributed by atoms with Gasteiger partial charge in [-0.2, -0.15) is 0 Å². The maximum Gasteiger partial charge on any atom is 0.408 e. The summed E-state index contributed by atoms with van der Waals surface area (Å²) >= 11 is 0. The SMILES string of the molecule is CCOCc1nc2c(CC(=O)[C@H](C)NC(=O)[C@@H](NC(=O)OC(C)(C)C)C(C)C)nc3ccccc3c2n1CC(C)(C)OCCCC(=O)OCc1ccc(CC(=O)[C@H](CCCNC(N)=O)NC(=O)[C@@H](CC(=O)CCCCCN2C(=O)C=CC2=O)C(C)C)cc1. The predicted molar refractivity (Wildman–Crippen MR) is 330 cm³/mol. The zero-order valence-corrected chi connectivity index (χ0v) is 53.0. The Labute approximate surface area is 515 Å². The van der Waals surface area contributed by atoms with Crippen molar-refractivity contribution < 1.29 is 66.9 Å². The van der Waals surface area contributed by atoms with Gasteiger partial charge in [0.05, 0.1) is 47.4 Å². The Morgan fingerprint density at radius 3 is 2.05 bits per heavy atom. The van der Waals surface area contributed by atoms with Crippen LogP contribution in [0, 0.1) is 17.8 Å². The smallest absolute Gasteiger partial charge is 0.408 e. The lowest BCUT2D eigenvalue weighted by Gasteiger charge is -2.27. The number of ether oxygens (including phenoxy) is 4. The van der Waals surface area contributed by atoms with E-state index in [0.29, 0.717) is 78.9 Å². The highest BCUT2D eigenvalue weighted by Gasteiger charge is 2.33. The molecule has 0 fully saturated rings. The van der Waals surface area contributed by atoms with Crippen LogP contribution in [0.15, 0.2) is 60.7 Å². The normalized spacial score (nSPS) is 14.0. The number of nitrogens with one attached hydrogen (secondary N) is 4. The van der Waals surface area contributed by atoms with E-state index in [4.69, 9.17) is 34.6 Å². The van der Waals surface area contributed by atoms with Crippen LogP contribution in [0.2, 0.25) is 0 Å². The number of carbonyl (C=O) groups is 10. The molecule has 0 radical (unpaired) electrons. The zero-order chi connectivity index (χ0) is 64.9. The molecule has 0 unspecified atom stereocenters. The van der Waals surface area contributed by atoms with Gasteiger partial charge >= 0.3 is 18.1 Å². The number of nitrogens with zero attached hydrogens (tertiary/aromatic N) is 4. The molecule has 4 atom stereocenters. The van der Waals surface area contributed by atoms with E-state index in [9.17, 15) is 47.9 Å². The number of aromatic nitrogens is 3. The number of Topliss-reactive ketones (excluding diaryl/α,β-unsaturated/α-hetero) is 3. The average molecular weight is 1220 g/mol. The van der Waals surface area contributed by atoms with Gasteiger partial charge in [-0.25, -0.2) is 19.6 Å². The van der Waals surface area contributed by atoms with Gasteiger partial charge in [0.25, 0.3) is 11.8 Å². The number of imidazole rings is 1. The highest BCUT2D eigenvalue weighted by Crippen LogP contribution is 2.31. The van der Waals surface area contributed by atoms with Crippen LogP contribution in [-0.4, -0.2) is 134 Å². The molecule has 0 spiro atoms. The molecule has 0 aliphatic carbocycles. The van der Waals surface area contributed by atoms with Crippen LogP contribution >= 0.6 is 0 Å². The molecule has 7 amide bonds. The molecule has 6 N–H and O–H groups in total. The Morgan fingerprint density at radius 2 is 1.40 bits per heavy atom. The van der Waals surface area contributed by atoms with Crippen LogP contribution < -0.4 is 27.0 Å². The molecule has 0 saturated heterocycles. The maximum absolute atomic E-state index is 13.9. The van der Waals surface area contributed by atoms with E-state index in [1.807, 2.05) is 63.5 Å². The number of ketones is 3. The summed E-state index contributed by atoms with van der Waals surface area (Å²) in [7, 11) is 0. The number of urea groups is 1. The molecule has 23 heteroatoms. The number of imide groups is 1. The number of unbranched alkanes of at least 4 members (excludes halogenated alkanes) is 2. The second kappa shape index (κ2) is 33.4. The lowest BCUT2D eigenvalue weighted by atomic mass is 9.88. The fourth-order valence-electron chi connectivity index (χ4n) is 10.0. The maximum atomic E-state index is 13.9. The quantitative estimate of drug-likeness (QED) is 0.0167. The Balaban J connectivity index is 1.14. The van der Waals surface area contributed by atoms with Crippen LogP contribution in [0.3, 0.4) is 0 Å². The third-order valence-electron chi connectivity index (χ3n) is 14.8. The van der Waals surface area contributed by atoms with Crippen LogP contribution in [0.25, 0.3) is 21.9 Å². The number of hydrogen-bond donors (Lipinski definition) is 5. The highest BCUT2D eigenvalue weighted by molar-refractivity contribution is 6.13. The van der Waals surface area contributed by atoms with Crippen LogP contribution in [0.5, 0.6) is 0 Å². The van der Waals surface area contributed by atoms with Crippen LogP contribution in [-0.2, 0) is 89.9 Å². The number of rotatable bonds is 37. The standard InChI is InChI=1S/C65H91N9O14/c1-12-85-38-53-71-58-50(36-51(76)42(6)68-61(82)57(41(4)5)72-63(84)88-64(7,8)9)69-48-22-16-15-21-46(48)59(58)74(53)39-65(10,11)87-33-19-24-56(80)86-37-44-27-25-43(26-28-44)34-52(77)49(23-18-31-67-62(66)83)70-60(81)47(40(2)3)35-45(75)20-14-13-17-32-73-54(78)29-30-55(73)79/h15-16,21-22,25-30,40-42,47,49,57H,12-14,17-20,23-24,31-39H2,1-11H3,(H,68,82)(H,70,81)(H,72,84)(H3,66,67,83)/t42-,47-,49-,57-/m0/s1. The molecular formula is C65H91N9O14. The van der Waals surface area contributed by atoms with E-state index >= 15 is 0 Å². The molecular weight excluding hydrogens is 1130 g/mol. The zero-order valence-electron chi connectivity index (χ0n) is 53.0. The molecule has 1 aliphatic rings. The van der Waals surface area contributed by atoms with Gasteiger partial charge in [-0.15, -0.1) is 0 Å². The number of hydrogen-bond acceptors (Lipinski definition) is 16. The first-order valence-electron chi connectivity index (χ1n) is 30.5. The number of carbonyl (C=O) groups excluding carboxylic acids is 10. The van der Waals surface area contributed by atoms with Crippen molar-refractivity contribution in [2.45, 2.75) is 196 Å². The summed E-state index contributed by atoms with van der Waals surface area (Å²) in [6.45, 7) is 21.3. The van der Waals surface area contributed by atoms with Crippen molar-refractivity contribution >= 4 is 81.0 Å². The number of pyridine rings is 1. The summed E-state index contributed by atoms with van der Waals surface area (Å²) in [6.07, 6.45) is 4.46. The molecule has 4 aromatic rings. The van der Waals surface area contributed by atoms with Gasteiger partial charge in [-0.3, -0.25) is 43.3 Å². The van der Waals surface area contributed by atoms with Gasteiger partial charge in [0, 0.05) is 75.4 Å². The van der Waals surface area contributed by atoms with Crippen molar-refractivity contribution in [3.63, 3.8) is 0 Å². The number of primary amides is 1. The minimum absolute atomic E-state index is 0.00914. The minimum Gasteiger partial charge on any atom is -0.461 e. The second-order valence-electron chi connectivity index (χ2n) is 24.7. The van der Waals surface area contributed by atoms with Gasteiger partial charge < -0.3 is 50.5 Å². The van der Waals surface area contributed by atoms with E-state index in [-0.39, 0.29) is 112 Å². The Bertz CT molecular complexity index is 3130. The van der Waals surface area contributed by atoms with E-state index in [1.54, 1.807) is 65.8 Å². The molecule has 1 aliphatic heterocycles. The molecule has 2 aromatic heterocycles. The summed E-state index contributed by atoms with van der Waals surface area (Å²) in [5.41, 5.74) is 7.32. The van der Waals surface area contributed by atoms with Gasteiger partial charge in [-0.05, 0) is 110 Å². The van der Waals surface area contributed by atoms with Crippen molar-refractivity contribution in [3.05, 3.63) is 83.3 Å². The number of nitrogens with two attached hydrogens (primary N) is 1. The first kappa shape index (κ1) is 70.8. The van der Waals surface area contributed by atoms with Crippen molar-refractivity contribution in [1.29, 1.82) is 0 Å². The number of amides is 7. The molecule has 5 rings (SSSR count). The molecule has 23 nitrogen and oxygen atoms in total. The number of alkyl carbamates (subject to hydrolysis) is 1. The van der Waals surface area contributed by atoms with Gasteiger partial charge in [-0.1, -0.05) is 76.6 Å². The van der Waals surface area contributed by atoms with E-state index in [2.05, 4.69) is 21.3 Å². The molecule has 88 heavy (non-hydrogen) atoms. The molecule has 2 aromatic carbocycles. The third kappa shape index (κ3) is 22.3.